The summed E-state index contributed by atoms with van der Waals surface area (Å²) in [5.41, 5.74) is 1.50. The summed E-state index contributed by atoms with van der Waals surface area (Å²) in [6.45, 7) is 0. The molecule has 0 saturated heterocycles. The first-order valence-electron chi connectivity index (χ1n) is 7.09. The third kappa shape index (κ3) is 3.92. The molecule has 120 valence electrons. The Kier molecular flexibility index (Phi) is 5.43. The number of rotatable bonds is 5. The zero-order chi connectivity index (χ0) is 16.8. The minimum absolute atomic E-state index is 0.251. The number of carbonyl (C=O) groups is 2. The first kappa shape index (κ1) is 16.6. The molecular formula is C17H19N3O3. The van der Waals surface area contributed by atoms with Gasteiger partial charge in [-0.3, -0.25) is 14.7 Å². The van der Waals surface area contributed by atoms with Gasteiger partial charge in [0.05, 0.1) is 18.4 Å². The summed E-state index contributed by atoms with van der Waals surface area (Å²) < 4.78 is 4.74. The molecule has 0 aliphatic carbocycles. The standard InChI is InChI=1S/C17H19N3O3/c1-20(2)15(12-7-6-10-18-11-12)16(21)19-14-9-5-4-8-13(14)17(22)23-3/h4-11,15H,1-3H3,(H,19,21). The Bertz CT molecular complexity index is 686. The molecule has 1 atom stereocenters. The molecule has 0 fully saturated rings. The van der Waals surface area contributed by atoms with Crippen LogP contribution < -0.4 is 5.32 Å². The van der Waals surface area contributed by atoms with Crippen LogP contribution in [0.1, 0.15) is 22.0 Å². The normalized spacial score (nSPS) is 11.8. The van der Waals surface area contributed by atoms with Crippen LogP contribution in [0.4, 0.5) is 5.69 Å². The first-order chi connectivity index (χ1) is 11.0. The smallest absolute Gasteiger partial charge is 0.339 e. The van der Waals surface area contributed by atoms with Gasteiger partial charge in [-0.05, 0) is 37.9 Å². The highest BCUT2D eigenvalue weighted by Gasteiger charge is 2.24. The molecule has 6 heteroatoms. The van der Waals surface area contributed by atoms with Crippen LogP contribution >= 0.6 is 0 Å². The SMILES string of the molecule is COC(=O)c1ccccc1NC(=O)C(c1cccnc1)N(C)C. The quantitative estimate of drug-likeness (QED) is 0.856. The van der Waals surface area contributed by atoms with Crippen molar-refractivity contribution in [3.8, 4) is 0 Å². The third-order valence-corrected chi connectivity index (χ3v) is 3.36. The number of anilines is 1. The Labute approximate surface area is 135 Å². The fourth-order valence-electron chi connectivity index (χ4n) is 2.30. The van der Waals surface area contributed by atoms with Gasteiger partial charge in [-0.1, -0.05) is 18.2 Å². The van der Waals surface area contributed by atoms with E-state index in [1.807, 2.05) is 20.2 Å². The van der Waals surface area contributed by atoms with Gasteiger partial charge in [0, 0.05) is 12.4 Å². The van der Waals surface area contributed by atoms with E-state index in [0.29, 0.717) is 11.3 Å². The second-order valence-corrected chi connectivity index (χ2v) is 5.18. The maximum atomic E-state index is 12.7. The zero-order valence-corrected chi connectivity index (χ0v) is 13.3. The highest BCUT2D eigenvalue weighted by molar-refractivity contribution is 6.02. The van der Waals surface area contributed by atoms with Gasteiger partial charge >= 0.3 is 5.97 Å². The van der Waals surface area contributed by atoms with Gasteiger partial charge in [0.2, 0.25) is 5.91 Å². The van der Waals surface area contributed by atoms with Crippen molar-refractivity contribution in [2.24, 2.45) is 0 Å². The van der Waals surface area contributed by atoms with E-state index in [9.17, 15) is 9.59 Å². The van der Waals surface area contributed by atoms with Crippen LogP contribution in [0.5, 0.6) is 0 Å². The lowest BCUT2D eigenvalue weighted by Gasteiger charge is -2.24. The van der Waals surface area contributed by atoms with E-state index < -0.39 is 12.0 Å². The van der Waals surface area contributed by atoms with E-state index in [1.54, 1.807) is 47.6 Å². The number of benzene rings is 1. The summed E-state index contributed by atoms with van der Waals surface area (Å²) in [4.78, 5) is 30.3. The number of carbonyl (C=O) groups excluding carboxylic acids is 2. The number of nitrogens with one attached hydrogen (secondary N) is 1. The van der Waals surface area contributed by atoms with Gasteiger partial charge in [-0.25, -0.2) is 4.79 Å². The summed E-state index contributed by atoms with van der Waals surface area (Å²) in [6, 6.07) is 9.83. The lowest BCUT2D eigenvalue weighted by molar-refractivity contribution is -0.120. The number of aromatic nitrogens is 1. The van der Waals surface area contributed by atoms with Gasteiger partial charge in [-0.15, -0.1) is 0 Å². The molecule has 0 bridgehead atoms. The Morgan fingerprint density at radius 3 is 2.52 bits per heavy atom. The molecule has 2 aromatic rings. The molecule has 1 heterocycles. The topological polar surface area (TPSA) is 71.5 Å². The molecule has 1 amide bonds. The van der Waals surface area contributed by atoms with E-state index in [0.717, 1.165) is 5.56 Å². The average Bonchev–Trinajstić information content (AvgIpc) is 2.55. The number of para-hydroxylation sites is 1. The minimum atomic E-state index is -0.519. The number of likely N-dealkylation sites (N-methyl/N-ethyl adjacent to an activating group) is 1. The van der Waals surface area contributed by atoms with Crippen molar-refractivity contribution < 1.29 is 14.3 Å². The molecule has 0 aliphatic rings. The van der Waals surface area contributed by atoms with Gasteiger partial charge in [0.25, 0.3) is 0 Å². The van der Waals surface area contributed by atoms with Crippen molar-refractivity contribution in [3.63, 3.8) is 0 Å². The van der Waals surface area contributed by atoms with E-state index in [2.05, 4.69) is 10.3 Å². The van der Waals surface area contributed by atoms with Crippen molar-refractivity contribution >= 4 is 17.6 Å². The van der Waals surface area contributed by atoms with Crippen LogP contribution in [0.25, 0.3) is 0 Å². The molecule has 0 radical (unpaired) electrons. The Hall–Kier alpha value is -2.73. The second-order valence-electron chi connectivity index (χ2n) is 5.18. The summed E-state index contributed by atoms with van der Waals surface area (Å²) in [6.07, 6.45) is 3.30. The highest BCUT2D eigenvalue weighted by atomic mass is 16.5. The molecular weight excluding hydrogens is 294 g/mol. The molecule has 1 N–H and O–H groups in total. The number of amides is 1. The van der Waals surface area contributed by atoms with E-state index >= 15 is 0 Å². The summed E-state index contributed by atoms with van der Waals surface area (Å²) in [5.74, 6) is -0.747. The molecule has 23 heavy (non-hydrogen) atoms. The van der Waals surface area contributed by atoms with Crippen LogP contribution in [-0.2, 0) is 9.53 Å². The molecule has 2 rings (SSSR count). The van der Waals surface area contributed by atoms with Crippen LogP contribution in [0.15, 0.2) is 48.8 Å². The largest absolute Gasteiger partial charge is 0.465 e. The van der Waals surface area contributed by atoms with Gasteiger partial charge in [0.1, 0.15) is 6.04 Å². The van der Waals surface area contributed by atoms with Crippen molar-refractivity contribution in [1.29, 1.82) is 0 Å². The number of pyridine rings is 1. The van der Waals surface area contributed by atoms with Crippen molar-refractivity contribution in [3.05, 3.63) is 59.9 Å². The van der Waals surface area contributed by atoms with Crippen LogP contribution in [0.3, 0.4) is 0 Å². The van der Waals surface area contributed by atoms with Crippen LogP contribution in [-0.4, -0.2) is 43.0 Å². The molecule has 1 aromatic heterocycles. The van der Waals surface area contributed by atoms with Gasteiger partial charge in [0.15, 0.2) is 0 Å². The molecule has 1 unspecified atom stereocenters. The minimum Gasteiger partial charge on any atom is -0.465 e. The first-order valence-corrected chi connectivity index (χ1v) is 7.09. The summed E-state index contributed by atoms with van der Waals surface area (Å²) in [7, 11) is 4.92. The van der Waals surface area contributed by atoms with Crippen LogP contribution in [0, 0.1) is 0 Å². The molecule has 1 aromatic carbocycles. The van der Waals surface area contributed by atoms with Crippen molar-refractivity contribution in [2.75, 3.05) is 26.5 Å². The predicted octanol–water partition coefficient (Wildman–Crippen LogP) is 2.11. The fourth-order valence-corrected chi connectivity index (χ4v) is 2.30. The monoisotopic (exact) mass is 313 g/mol. The molecule has 0 spiro atoms. The Morgan fingerprint density at radius 1 is 1.17 bits per heavy atom. The second kappa shape index (κ2) is 7.51. The van der Waals surface area contributed by atoms with Crippen molar-refractivity contribution in [1.82, 2.24) is 9.88 Å². The van der Waals surface area contributed by atoms with E-state index in [-0.39, 0.29) is 5.91 Å². The predicted molar refractivity (Wildman–Crippen MR) is 87.1 cm³/mol. The van der Waals surface area contributed by atoms with E-state index in [1.165, 1.54) is 7.11 Å². The number of nitrogens with zero attached hydrogens (tertiary/aromatic N) is 2. The van der Waals surface area contributed by atoms with Gasteiger partial charge in [-0.2, -0.15) is 0 Å². The summed E-state index contributed by atoms with van der Waals surface area (Å²) in [5, 5.41) is 2.80. The lowest BCUT2D eigenvalue weighted by atomic mass is 10.1. The number of hydrogen-bond acceptors (Lipinski definition) is 5. The number of hydrogen-bond donors (Lipinski definition) is 1. The Morgan fingerprint density at radius 2 is 1.91 bits per heavy atom. The van der Waals surface area contributed by atoms with E-state index in [4.69, 9.17) is 4.74 Å². The summed E-state index contributed by atoms with van der Waals surface area (Å²) >= 11 is 0. The van der Waals surface area contributed by atoms with Gasteiger partial charge < -0.3 is 10.1 Å². The molecule has 0 saturated carbocycles. The van der Waals surface area contributed by atoms with Crippen LogP contribution in [0.2, 0.25) is 0 Å². The maximum Gasteiger partial charge on any atom is 0.339 e. The highest BCUT2D eigenvalue weighted by Crippen LogP contribution is 2.22. The lowest BCUT2D eigenvalue weighted by Crippen LogP contribution is -2.32. The number of ether oxygens (including phenoxy) is 1. The number of methoxy groups -OCH3 is 1. The van der Waals surface area contributed by atoms with Crippen molar-refractivity contribution in [2.45, 2.75) is 6.04 Å². The Balaban J connectivity index is 2.29. The fraction of sp³-hybridized carbons (Fsp3) is 0.235. The maximum absolute atomic E-state index is 12.7. The molecule has 0 aliphatic heterocycles. The number of esters is 1. The zero-order valence-electron chi connectivity index (χ0n) is 13.3. The third-order valence-electron chi connectivity index (χ3n) is 3.36. The molecule has 6 nitrogen and oxygen atoms in total. The average molecular weight is 313 g/mol.